The van der Waals surface area contributed by atoms with Crippen LogP contribution in [0.5, 0.6) is 11.5 Å². The quantitative estimate of drug-likeness (QED) is 0.571. The Hall–Kier alpha value is -3.23. The number of benzene rings is 2. The predicted molar refractivity (Wildman–Crippen MR) is 119 cm³/mol. The first-order valence-corrected chi connectivity index (χ1v) is 9.81. The molecule has 0 N–H and O–H groups in total. The van der Waals surface area contributed by atoms with Crippen molar-refractivity contribution >= 4 is 11.6 Å². The number of aromatic nitrogens is 2. The standard InChI is InChI=1S/C24H23ClN2O3/c1-24(2,3)16-30-21-12-11-20(15-22(21)29-4)27-14-13-19(26-23(27)28)10-7-17-5-8-18(25)9-6-17/h5-6,8-9,11-15H,16H2,1-4H3. The van der Waals surface area contributed by atoms with Gasteiger partial charge in [-0.25, -0.2) is 4.79 Å². The lowest BCUT2D eigenvalue weighted by Crippen LogP contribution is -2.21. The van der Waals surface area contributed by atoms with Gasteiger partial charge in [-0.1, -0.05) is 38.3 Å². The smallest absolute Gasteiger partial charge is 0.353 e. The van der Waals surface area contributed by atoms with Crippen LogP contribution in [0.3, 0.4) is 0 Å². The SMILES string of the molecule is COc1cc(-n2ccc(C#Cc3ccc(Cl)cc3)nc2=O)ccc1OCC(C)(C)C. The highest BCUT2D eigenvalue weighted by Gasteiger charge is 2.14. The van der Waals surface area contributed by atoms with Crippen molar-refractivity contribution in [1.82, 2.24) is 9.55 Å². The minimum Gasteiger partial charge on any atom is -0.493 e. The average Bonchev–Trinajstić information content (AvgIpc) is 2.71. The maximum Gasteiger partial charge on any atom is 0.353 e. The van der Waals surface area contributed by atoms with E-state index in [0.717, 1.165) is 5.56 Å². The Morgan fingerprint density at radius 3 is 2.40 bits per heavy atom. The van der Waals surface area contributed by atoms with Gasteiger partial charge in [0.1, 0.15) is 5.69 Å². The summed E-state index contributed by atoms with van der Waals surface area (Å²) >= 11 is 5.87. The summed E-state index contributed by atoms with van der Waals surface area (Å²) in [6, 6.07) is 14.2. The minimum atomic E-state index is -0.427. The van der Waals surface area contributed by atoms with Gasteiger partial charge in [0.05, 0.1) is 19.4 Å². The van der Waals surface area contributed by atoms with Crippen LogP contribution in [0, 0.1) is 17.3 Å². The molecule has 3 aromatic rings. The van der Waals surface area contributed by atoms with Gasteiger partial charge in [-0.2, -0.15) is 4.98 Å². The Balaban J connectivity index is 1.84. The second kappa shape index (κ2) is 9.06. The van der Waals surface area contributed by atoms with Crippen LogP contribution in [0.25, 0.3) is 5.69 Å². The fourth-order valence-electron chi connectivity index (χ4n) is 2.56. The number of methoxy groups -OCH3 is 1. The minimum absolute atomic E-state index is 0.0212. The predicted octanol–water partition coefficient (Wildman–Crippen LogP) is 4.72. The van der Waals surface area contributed by atoms with E-state index in [1.54, 1.807) is 49.7 Å². The normalized spacial score (nSPS) is 10.8. The molecule has 3 rings (SSSR count). The molecule has 0 aliphatic rings. The van der Waals surface area contributed by atoms with Crippen molar-refractivity contribution in [2.24, 2.45) is 5.41 Å². The highest BCUT2D eigenvalue weighted by atomic mass is 35.5. The molecule has 154 valence electrons. The molecule has 1 aromatic heterocycles. The van der Waals surface area contributed by atoms with Crippen molar-refractivity contribution < 1.29 is 9.47 Å². The second-order valence-electron chi connectivity index (χ2n) is 7.91. The van der Waals surface area contributed by atoms with E-state index in [-0.39, 0.29) is 5.41 Å². The van der Waals surface area contributed by atoms with E-state index in [9.17, 15) is 4.79 Å². The maximum absolute atomic E-state index is 12.5. The number of nitrogens with zero attached hydrogens (tertiary/aromatic N) is 2. The molecule has 2 aromatic carbocycles. The lowest BCUT2D eigenvalue weighted by Gasteiger charge is -2.20. The zero-order valence-electron chi connectivity index (χ0n) is 17.4. The van der Waals surface area contributed by atoms with Gasteiger partial charge in [0.15, 0.2) is 11.5 Å². The molecule has 0 spiro atoms. The van der Waals surface area contributed by atoms with Gasteiger partial charge in [0.2, 0.25) is 0 Å². The summed E-state index contributed by atoms with van der Waals surface area (Å²) in [6.07, 6.45) is 1.64. The molecule has 0 saturated carbocycles. The van der Waals surface area contributed by atoms with E-state index < -0.39 is 5.69 Å². The summed E-state index contributed by atoms with van der Waals surface area (Å²) in [6.45, 7) is 6.83. The molecule has 0 unspecified atom stereocenters. The largest absolute Gasteiger partial charge is 0.493 e. The van der Waals surface area contributed by atoms with Gasteiger partial charge in [0, 0.05) is 22.8 Å². The summed E-state index contributed by atoms with van der Waals surface area (Å²) in [5.41, 5.74) is 1.41. The third-order valence-electron chi connectivity index (χ3n) is 4.07. The fraction of sp³-hybridized carbons (Fsp3) is 0.250. The topological polar surface area (TPSA) is 53.4 Å². The Labute approximate surface area is 181 Å². The van der Waals surface area contributed by atoms with Gasteiger partial charge in [-0.05, 0) is 53.8 Å². The van der Waals surface area contributed by atoms with Crippen LogP contribution in [0.15, 0.2) is 59.5 Å². The second-order valence-corrected chi connectivity index (χ2v) is 8.34. The first kappa shape index (κ1) is 21.5. The Kier molecular flexibility index (Phi) is 6.49. The van der Waals surface area contributed by atoms with Crippen molar-refractivity contribution in [2.45, 2.75) is 20.8 Å². The first-order chi connectivity index (χ1) is 14.2. The number of hydrogen-bond donors (Lipinski definition) is 0. The van der Waals surface area contributed by atoms with Crippen LogP contribution in [-0.2, 0) is 0 Å². The van der Waals surface area contributed by atoms with Gasteiger partial charge in [-0.15, -0.1) is 0 Å². The monoisotopic (exact) mass is 422 g/mol. The maximum atomic E-state index is 12.5. The van der Waals surface area contributed by atoms with Crippen molar-refractivity contribution in [3.63, 3.8) is 0 Å². The number of halogens is 1. The number of rotatable bonds is 4. The summed E-state index contributed by atoms with van der Waals surface area (Å²) in [4.78, 5) is 16.6. The molecule has 0 bridgehead atoms. The van der Waals surface area contributed by atoms with E-state index >= 15 is 0 Å². The molecule has 0 radical (unpaired) electrons. The van der Waals surface area contributed by atoms with Crippen LogP contribution in [0.4, 0.5) is 0 Å². The van der Waals surface area contributed by atoms with Crippen LogP contribution in [0.2, 0.25) is 5.02 Å². The van der Waals surface area contributed by atoms with Crippen molar-refractivity contribution in [2.75, 3.05) is 13.7 Å². The average molecular weight is 423 g/mol. The summed E-state index contributed by atoms with van der Waals surface area (Å²) < 4.78 is 12.7. The van der Waals surface area contributed by atoms with E-state index in [4.69, 9.17) is 21.1 Å². The van der Waals surface area contributed by atoms with Gasteiger partial charge >= 0.3 is 5.69 Å². The lowest BCUT2D eigenvalue weighted by molar-refractivity contribution is 0.191. The summed E-state index contributed by atoms with van der Waals surface area (Å²) in [5.74, 6) is 7.05. The van der Waals surface area contributed by atoms with Crippen LogP contribution >= 0.6 is 11.6 Å². The molecule has 0 fully saturated rings. The van der Waals surface area contributed by atoms with Gasteiger partial charge in [-0.3, -0.25) is 4.57 Å². The zero-order chi connectivity index (χ0) is 21.7. The highest BCUT2D eigenvalue weighted by molar-refractivity contribution is 6.30. The lowest BCUT2D eigenvalue weighted by atomic mass is 9.99. The fourth-order valence-corrected chi connectivity index (χ4v) is 2.68. The van der Waals surface area contributed by atoms with Crippen molar-refractivity contribution in [3.8, 4) is 29.0 Å². The van der Waals surface area contributed by atoms with E-state index in [2.05, 4.69) is 37.6 Å². The molecule has 0 aliphatic heterocycles. The third-order valence-corrected chi connectivity index (χ3v) is 4.32. The molecule has 0 amide bonds. The van der Waals surface area contributed by atoms with Crippen molar-refractivity contribution in [1.29, 1.82) is 0 Å². The molecule has 0 saturated heterocycles. The molecule has 1 heterocycles. The van der Waals surface area contributed by atoms with E-state index in [1.165, 1.54) is 4.57 Å². The zero-order valence-corrected chi connectivity index (χ0v) is 18.2. The van der Waals surface area contributed by atoms with Crippen LogP contribution < -0.4 is 15.2 Å². The van der Waals surface area contributed by atoms with E-state index in [0.29, 0.717) is 34.5 Å². The van der Waals surface area contributed by atoms with Gasteiger partial charge in [0.25, 0.3) is 0 Å². The van der Waals surface area contributed by atoms with Crippen LogP contribution in [0.1, 0.15) is 32.0 Å². The Morgan fingerprint density at radius 1 is 1.03 bits per heavy atom. The molecule has 0 aliphatic carbocycles. The third kappa shape index (κ3) is 5.65. The molecule has 6 heteroatoms. The van der Waals surface area contributed by atoms with Gasteiger partial charge < -0.3 is 9.47 Å². The molecular formula is C24H23ClN2O3. The first-order valence-electron chi connectivity index (χ1n) is 9.44. The Morgan fingerprint density at radius 2 is 1.77 bits per heavy atom. The number of ether oxygens (including phenoxy) is 2. The molecule has 5 nitrogen and oxygen atoms in total. The summed E-state index contributed by atoms with van der Waals surface area (Å²) in [5, 5.41) is 0.645. The van der Waals surface area contributed by atoms with Crippen LogP contribution in [-0.4, -0.2) is 23.3 Å². The molecule has 30 heavy (non-hydrogen) atoms. The van der Waals surface area contributed by atoms with E-state index in [1.807, 2.05) is 12.1 Å². The molecule has 0 atom stereocenters. The number of hydrogen-bond acceptors (Lipinski definition) is 4. The Bertz CT molecular complexity index is 1150. The van der Waals surface area contributed by atoms with Crippen molar-refractivity contribution in [3.05, 3.63) is 81.5 Å². The highest BCUT2D eigenvalue weighted by Crippen LogP contribution is 2.30. The molecular weight excluding hydrogens is 400 g/mol. The summed E-state index contributed by atoms with van der Waals surface area (Å²) in [7, 11) is 1.57.